The summed E-state index contributed by atoms with van der Waals surface area (Å²) in [5.74, 6) is 0.719. The molecule has 1 aliphatic rings. The first-order valence-electron chi connectivity index (χ1n) is 5.43. The Morgan fingerprint density at radius 3 is 2.81 bits per heavy atom. The Balaban J connectivity index is 1.94. The van der Waals surface area contributed by atoms with E-state index in [4.69, 9.17) is 0 Å². The van der Waals surface area contributed by atoms with Crippen LogP contribution in [0.15, 0.2) is 18.2 Å². The molecule has 1 fully saturated rings. The third-order valence-corrected chi connectivity index (χ3v) is 3.90. The van der Waals surface area contributed by atoms with Crippen LogP contribution in [0.25, 0.3) is 0 Å². The number of rotatable bonds is 3. The number of carbonyl (C=O) groups excluding carboxylic acids is 1. The van der Waals surface area contributed by atoms with Gasteiger partial charge in [-0.2, -0.15) is 0 Å². The fourth-order valence-electron chi connectivity index (χ4n) is 1.69. The third-order valence-electron chi connectivity index (χ3n) is 2.98. The van der Waals surface area contributed by atoms with Gasteiger partial charge < -0.3 is 10.4 Å². The summed E-state index contributed by atoms with van der Waals surface area (Å²) in [4.78, 5) is 11.7. The molecule has 0 heterocycles. The average Bonchev–Trinajstić information content (AvgIpc) is 2.19. The molecule has 4 heteroatoms. The minimum Gasteiger partial charge on any atom is -0.507 e. The molecule has 2 rings (SSSR count). The second-order valence-corrected chi connectivity index (χ2v) is 5.34. The number of hydrogen-bond donors (Lipinski definition) is 2. The van der Waals surface area contributed by atoms with Gasteiger partial charge in [-0.25, -0.2) is 0 Å². The number of nitrogens with one attached hydrogen (secondary N) is 1. The van der Waals surface area contributed by atoms with Gasteiger partial charge >= 0.3 is 0 Å². The van der Waals surface area contributed by atoms with E-state index in [0.29, 0.717) is 11.5 Å². The van der Waals surface area contributed by atoms with E-state index in [9.17, 15) is 9.90 Å². The van der Waals surface area contributed by atoms with Crippen molar-refractivity contribution in [2.75, 3.05) is 6.54 Å². The molecular weight excluding hydrogens is 317 g/mol. The number of hydrogen-bond acceptors (Lipinski definition) is 2. The number of phenolic OH excluding ortho intramolecular Hbond substituents is 1. The predicted molar refractivity (Wildman–Crippen MR) is 70.5 cm³/mol. The first-order valence-corrected chi connectivity index (χ1v) is 6.51. The number of carbonyl (C=O) groups is 1. The minimum atomic E-state index is -0.0985. The lowest BCUT2D eigenvalue weighted by atomic mass is 9.85. The smallest absolute Gasteiger partial charge is 0.251 e. The third kappa shape index (κ3) is 2.66. The highest BCUT2D eigenvalue weighted by molar-refractivity contribution is 14.1. The van der Waals surface area contributed by atoms with Gasteiger partial charge in [-0.05, 0) is 59.5 Å². The van der Waals surface area contributed by atoms with Crippen LogP contribution in [-0.4, -0.2) is 17.6 Å². The summed E-state index contributed by atoms with van der Waals surface area (Å²) in [6, 6.07) is 4.99. The zero-order valence-electron chi connectivity index (χ0n) is 8.87. The fourth-order valence-corrected chi connectivity index (χ4v) is 2.03. The van der Waals surface area contributed by atoms with Crippen LogP contribution >= 0.6 is 22.6 Å². The van der Waals surface area contributed by atoms with Gasteiger partial charge in [0.25, 0.3) is 5.91 Å². The zero-order valence-corrected chi connectivity index (χ0v) is 11.0. The van der Waals surface area contributed by atoms with Crippen molar-refractivity contribution < 1.29 is 9.90 Å². The molecule has 1 saturated carbocycles. The molecule has 0 aliphatic heterocycles. The zero-order chi connectivity index (χ0) is 11.5. The van der Waals surface area contributed by atoms with Crippen molar-refractivity contribution in [3.63, 3.8) is 0 Å². The number of phenols is 1. The summed E-state index contributed by atoms with van der Waals surface area (Å²) in [5, 5.41) is 12.4. The van der Waals surface area contributed by atoms with Crippen molar-refractivity contribution in [3.05, 3.63) is 27.3 Å². The Morgan fingerprint density at radius 1 is 1.50 bits per heavy atom. The number of benzene rings is 1. The maximum Gasteiger partial charge on any atom is 0.251 e. The molecule has 1 aliphatic carbocycles. The van der Waals surface area contributed by atoms with E-state index in [2.05, 4.69) is 5.32 Å². The van der Waals surface area contributed by atoms with Crippen molar-refractivity contribution in [2.45, 2.75) is 19.3 Å². The van der Waals surface area contributed by atoms with E-state index >= 15 is 0 Å². The Hall–Kier alpha value is -0.780. The maximum atomic E-state index is 11.7. The van der Waals surface area contributed by atoms with Crippen molar-refractivity contribution in [3.8, 4) is 5.75 Å². The minimum absolute atomic E-state index is 0.0985. The second kappa shape index (κ2) is 5.03. The predicted octanol–water partition coefficient (Wildman–Crippen LogP) is 2.53. The monoisotopic (exact) mass is 331 g/mol. The van der Waals surface area contributed by atoms with E-state index in [1.165, 1.54) is 25.3 Å². The first kappa shape index (κ1) is 11.7. The lowest BCUT2D eigenvalue weighted by Crippen LogP contribution is -2.32. The van der Waals surface area contributed by atoms with E-state index in [1.54, 1.807) is 12.1 Å². The van der Waals surface area contributed by atoms with Crippen molar-refractivity contribution in [2.24, 2.45) is 5.92 Å². The van der Waals surface area contributed by atoms with Gasteiger partial charge in [0.05, 0.1) is 3.57 Å². The molecule has 1 amide bonds. The van der Waals surface area contributed by atoms with Crippen molar-refractivity contribution in [1.29, 1.82) is 0 Å². The standard InChI is InChI=1S/C12H14INO2/c13-10-5-4-9(6-11(10)15)12(16)14-7-8-2-1-3-8/h4-6,8,15H,1-3,7H2,(H,14,16). The summed E-state index contributed by atoms with van der Waals surface area (Å²) in [6.45, 7) is 0.756. The Morgan fingerprint density at radius 2 is 2.25 bits per heavy atom. The molecule has 86 valence electrons. The molecule has 1 aromatic rings. The SMILES string of the molecule is O=C(NCC1CCC1)c1ccc(I)c(O)c1. The highest BCUT2D eigenvalue weighted by Gasteiger charge is 2.18. The second-order valence-electron chi connectivity index (χ2n) is 4.17. The van der Waals surface area contributed by atoms with Gasteiger partial charge in [-0.1, -0.05) is 6.42 Å². The Kier molecular flexibility index (Phi) is 3.68. The molecule has 0 unspecified atom stereocenters. The molecule has 0 radical (unpaired) electrons. The highest BCUT2D eigenvalue weighted by atomic mass is 127. The van der Waals surface area contributed by atoms with Crippen LogP contribution in [0.3, 0.4) is 0 Å². The lowest BCUT2D eigenvalue weighted by Gasteiger charge is -2.25. The van der Waals surface area contributed by atoms with E-state index in [0.717, 1.165) is 10.1 Å². The van der Waals surface area contributed by atoms with Gasteiger partial charge in [0.15, 0.2) is 0 Å². The molecule has 16 heavy (non-hydrogen) atoms. The van der Waals surface area contributed by atoms with Crippen LogP contribution in [0.4, 0.5) is 0 Å². The Bertz CT molecular complexity index is 402. The number of halogens is 1. The summed E-state index contributed by atoms with van der Waals surface area (Å²) in [6.07, 6.45) is 3.72. The van der Waals surface area contributed by atoms with Gasteiger partial charge in [-0.3, -0.25) is 4.79 Å². The van der Waals surface area contributed by atoms with Gasteiger partial charge in [-0.15, -0.1) is 0 Å². The quantitative estimate of drug-likeness (QED) is 0.837. The van der Waals surface area contributed by atoms with Crippen LogP contribution < -0.4 is 5.32 Å². The van der Waals surface area contributed by atoms with Gasteiger partial charge in [0.1, 0.15) is 5.75 Å². The summed E-state index contributed by atoms with van der Waals surface area (Å²) in [5.41, 5.74) is 0.525. The fraction of sp³-hybridized carbons (Fsp3) is 0.417. The summed E-state index contributed by atoms with van der Waals surface area (Å²) < 4.78 is 0.758. The van der Waals surface area contributed by atoms with Crippen LogP contribution in [-0.2, 0) is 0 Å². The summed E-state index contributed by atoms with van der Waals surface area (Å²) in [7, 11) is 0. The van der Waals surface area contributed by atoms with E-state index in [-0.39, 0.29) is 11.7 Å². The maximum absolute atomic E-state index is 11.7. The number of amides is 1. The van der Waals surface area contributed by atoms with Crippen molar-refractivity contribution >= 4 is 28.5 Å². The molecule has 0 bridgehead atoms. The largest absolute Gasteiger partial charge is 0.507 e. The molecule has 0 atom stereocenters. The molecule has 1 aromatic carbocycles. The summed E-state index contributed by atoms with van der Waals surface area (Å²) >= 11 is 2.03. The van der Waals surface area contributed by atoms with Crippen LogP contribution in [0.2, 0.25) is 0 Å². The molecule has 0 saturated heterocycles. The van der Waals surface area contributed by atoms with Gasteiger partial charge in [0, 0.05) is 12.1 Å². The topological polar surface area (TPSA) is 49.3 Å². The Labute approximate surface area is 108 Å². The molecule has 2 N–H and O–H groups in total. The number of aromatic hydroxyl groups is 1. The first-order chi connectivity index (χ1) is 7.66. The molecule has 3 nitrogen and oxygen atoms in total. The molecular formula is C12H14INO2. The van der Waals surface area contributed by atoms with Crippen LogP contribution in [0.1, 0.15) is 29.6 Å². The average molecular weight is 331 g/mol. The molecule has 0 spiro atoms. The molecule has 0 aromatic heterocycles. The van der Waals surface area contributed by atoms with Crippen molar-refractivity contribution in [1.82, 2.24) is 5.32 Å². The van der Waals surface area contributed by atoms with Gasteiger partial charge in [0.2, 0.25) is 0 Å². The lowest BCUT2D eigenvalue weighted by molar-refractivity contribution is 0.0938. The van der Waals surface area contributed by atoms with E-state index < -0.39 is 0 Å². The van der Waals surface area contributed by atoms with Crippen LogP contribution in [0, 0.1) is 9.49 Å². The van der Waals surface area contributed by atoms with Crippen LogP contribution in [0.5, 0.6) is 5.75 Å². The van der Waals surface area contributed by atoms with E-state index in [1.807, 2.05) is 22.6 Å². The highest BCUT2D eigenvalue weighted by Crippen LogP contribution is 2.25. The normalized spacial score (nSPS) is 15.6.